The molecule has 0 saturated carbocycles. The summed E-state index contributed by atoms with van der Waals surface area (Å²) in [5.74, 6) is 3.23. The first-order chi connectivity index (χ1) is 11.6. The highest BCUT2D eigenvalue weighted by Gasteiger charge is 2.28. The van der Waals surface area contributed by atoms with Gasteiger partial charge >= 0.3 is 0 Å². The Morgan fingerprint density at radius 2 is 2.25 bits per heavy atom. The van der Waals surface area contributed by atoms with Crippen LogP contribution in [0.4, 0.5) is 0 Å². The molecule has 1 saturated heterocycles. The second kappa shape index (κ2) is 7.12. The number of aromatic nitrogens is 5. The van der Waals surface area contributed by atoms with Crippen LogP contribution in [0.1, 0.15) is 36.2 Å². The molecule has 1 aliphatic heterocycles. The van der Waals surface area contributed by atoms with Crippen molar-refractivity contribution in [1.29, 1.82) is 0 Å². The van der Waals surface area contributed by atoms with E-state index >= 15 is 0 Å². The number of hydrogen-bond donors (Lipinski definition) is 1. The number of imidazole rings is 1. The van der Waals surface area contributed by atoms with E-state index in [9.17, 15) is 4.79 Å². The number of likely N-dealkylation sites (N-methyl/N-ethyl adjacent to an activating group) is 1. The Morgan fingerprint density at radius 1 is 1.42 bits per heavy atom. The zero-order chi connectivity index (χ0) is 17.1. The third-order valence-corrected chi connectivity index (χ3v) is 4.70. The number of carbonyl (C=O) groups excluding carboxylic acids is 1. The first kappa shape index (κ1) is 16.6. The van der Waals surface area contributed by atoms with Crippen LogP contribution in [0.5, 0.6) is 0 Å². The van der Waals surface area contributed by atoms with Crippen LogP contribution in [-0.4, -0.2) is 61.8 Å². The molecular weight excluding hydrogens is 306 g/mol. The molecule has 1 N–H and O–H groups in total. The Labute approximate surface area is 141 Å². The van der Waals surface area contributed by atoms with Gasteiger partial charge in [0.2, 0.25) is 5.91 Å². The Bertz CT molecular complexity index is 705. The van der Waals surface area contributed by atoms with Crippen molar-refractivity contribution in [3.8, 4) is 0 Å². The number of nitrogens with zero attached hydrogens (tertiary/aromatic N) is 6. The van der Waals surface area contributed by atoms with Crippen molar-refractivity contribution in [1.82, 2.24) is 34.5 Å². The van der Waals surface area contributed by atoms with Crippen LogP contribution in [0.3, 0.4) is 0 Å². The van der Waals surface area contributed by atoms with Crippen molar-refractivity contribution in [2.45, 2.75) is 32.2 Å². The van der Waals surface area contributed by atoms with E-state index < -0.39 is 0 Å². The quantitative estimate of drug-likeness (QED) is 0.852. The molecule has 1 fully saturated rings. The van der Waals surface area contributed by atoms with E-state index in [1.807, 2.05) is 25.1 Å². The fourth-order valence-electron chi connectivity index (χ4n) is 3.27. The first-order valence-corrected chi connectivity index (χ1v) is 8.38. The van der Waals surface area contributed by atoms with E-state index in [1.165, 1.54) is 0 Å². The second-order valence-corrected chi connectivity index (χ2v) is 6.35. The zero-order valence-corrected chi connectivity index (χ0v) is 14.6. The van der Waals surface area contributed by atoms with Crippen LogP contribution in [0, 0.1) is 6.92 Å². The van der Waals surface area contributed by atoms with E-state index in [1.54, 1.807) is 13.2 Å². The van der Waals surface area contributed by atoms with E-state index in [0.29, 0.717) is 13.1 Å². The molecule has 24 heavy (non-hydrogen) atoms. The average molecular weight is 331 g/mol. The van der Waals surface area contributed by atoms with Gasteiger partial charge in [0.05, 0.1) is 13.1 Å². The molecule has 1 aliphatic rings. The maximum absolute atomic E-state index is 12.1. The summed E-state index contributed by atoms with van der Waals surface area (Å²) >= 11 is 0. The number of carbonyl (C=O) groups is 1. The zero-order valence-electron chi connectivity index (χ0n) is 14.6. The lowest BCUT2D eigenvalue weighted by Crippen LogP contribution is -2.43. The van der Waals surface area contributed by atoms with Gasteiger partial charge in [-0.05, 0) is 26.8 Å². The highest BCUT2D eigenvalue weighted by molar-refractivity contribution is 5.78. The molecule has 0 bridgehead atoms. The van der Waals surface area contributed by atoms with Crippen molar-refractivity contribution < 1.29 is 4.79 Å². The van der Waals surface area contributed by atoms with Crippen LogP contribution in [0.2, 0.25) is 0 Å². The molecule has 0 spiro atoms. The Morgan fingerprint density at radius 3 is 2.96 bits per heavy atom. The van der Waals surface area contributed by atoms with Crippen LogP contribution in [-0.2, 0) is 18.4 Å². The van der Waals surface area contributed by atoms with Gasteiger partial charge in [0.1, 0.15) is 11.6 Å². The topological polar surface area (TPSA) is 80.9 Å². The SMILES string of the molecule is CNCC(=O)N1CCC[C@H](c2nnc(Cn3ccnc3C)n2C)C1. The maximum Gasteiger partial charge on any atom is 0.236 e. The minimum Gasteiger partial charge on any atom is -0.341 e. The van der Waals surface area contributed by atoms with Crippen molar-refractivity contribution in [3.05, 3.63) is 29.9 Å². The molecule has 0 radical (unpaired) electrons. The number of likely N-dealkylation sites (tertiary alicyclic amines) is 1. The summed E-state index contributed by atoms with van der Waals surface area (Å²) in [6.07, 6.45) is 5.78. The molecule has 130 valence electrons. The van der Waals surface area contributed by atoms with Crippen LogP contribution in [0.15, 0.2) is 12.4 Å². The standard InChI is InChI=1S/C16H25N7O/c1-12-18-6-8-22(12)11-14-19-20-16(21(14)3)13-5-4-7-23(10-13)15(24)9-17-2/h6,8,13,17H,4-5,7,9-11H2,1-3H3/t13-/m0/s1. The highest BCUT2D eigenvalue weighted by Crippen LogP contribution is 2.25. The third kappa shape index (κ3) is 3.33. The summed E-state index contributed by atoms with van der Waals surface area (Å²) in [5, 5.41) is 11.7. The summed E-state index contributed by atoms with van der Waals surface area (Å²) in [7, 11) is 3.80. The fourth-order valence-corrected chi connectivity index (χ4v) is 3.27. The summed E-state index contributed by atoms with van der Waals surface area (Å²) in [4.78, 5) is 18.3. The lowest BCUT2D eigenvalue weighted by Gasteiger charge is -2.32. The van der Waals surface area contributed by atoms with Gasteiger partial charge in [-0.15, -0.1) is 10.2 Å². The first-order valence-electron chi connectivity index (χ1n) is 8.38. The minimum atomic E-state index is 0.152. The van der Waals surface area contributed by atoms with Gasteiger partial charge in [-0.25, -0.2) is 4.98 Å². The average Bonchev–Trinajstić information content (AvgIpc) is 3.15. The molecule has 2 aromatic heterocycles. The van der Waals surface area contributed by atoms with Gasteiger partial charge in [0.25, 0.3) is 0 Å². The van der Waals surface area contributed by atoms with E-state index in [4.69, 9.17) is 0 Å². The highest BCUT2D eigenvalue weighted by atomic mass is 16.2. The fraction of sp³-hybridized carbons (Fsp3) is 0.625. The van der Waals surface area contributed by atoms with Crippen LogP contribution < -0.4 is 5.32 Å². The molecular formula is C16H25N7O. The summed E-state index contributed by atoms with van der Waals surface area (Å²) < 4.78 is 4.12. The molecule has 2 aromatic rings. The molecule has 8 heteroatoms. The Hall–Kier alpha value is -2.22. The van der Waals surface area contributed by atoms with Crippen molar-refractivity contribution in [3.63, 3.8) is 0 Å². The van der Waals surface area contributed by atoms with E-state index in [2.05, 4.69) is 29.6 Å². The Balaban J connectivity index is 1.73. The van der Waals surface area contributed by atoms with Crippen molar-refractivity contribution >= 4 is 5.91 Å². The molecule has 1 atom stereocenters. The number of nitrogens with one attached hydrogen (secondary N) is 1. The molecule has 0 aliphatic carbocycles. The predicted molar refractivity (Wildman–Crippen MR) is 89.6 cm³/mol. The van der Waals surface area contributed by atoms with Gasteiger partial charge in [0, 0.05) is 38.4 Å². The number of piperidine rings is 1. The lowest BCUT2D eigenvalue weighted by molar-refractivity contribution is -0.131. The van der Waals surface area contributed by atoms with Gasteiger partial charge in [0.15, 0.2) is 5.82 Å². The number of hydrogen-bond acceptors (Lipinski definition) is 5. The van der Waals surface area contributed by atoms with Gasteiger partial charge in [-0.2, -0.15) is 0 Å². The van der Waals surface area contributed by atoms with Crippen LogP contribution >= 0.6 is 0 Å². The summed E-state index contributed by atoms with van der Waals surface area (Å²) in [6, 6.07) is 0. The molecule has 3 rings (SSSR count). The molecule has 8 nitrogen and oxygen atoms in total. The predicted octanol–water partition coefficient (Wildman–Crippen LogP) is 0.294. The molecule has 3 heterocycles. The normalized spacial score (nSPS) is 18.1. The van der Waals surface area contributed by atoms with Crippen molar-refractivity contribution in [2.24, 2.45) is 7.05 Å². The van der Waals surface area contributed by atoms with Gasteiger partial charge in [-0.3, -0.25) is 4.79 Å². The maximum atomic E-state index is 12.1. The molecule has 1 amide bonds. The van der Waals surface area contributed by atoms with Crippen LogP contribution in [0.25, 0.3) is 0 Å². The van der Waals surface area contributed by atoms with Gasteiger partial charge in [-0.1, -0.05) is 0 Å². The monoisotopic (exact) mass is 331 g/mol. The minimum absolute atomic E-state index is 0.152. The van der Waals surface area contributed by atoms with E-state index in [-0.39, 0.29) is 11.8 Å². The number of aryl methyl sites for hydroxylation is 1. The third-order valence-electron chi connectivity index (χ3n) is 4.70. The van der Waals surface area contributed by atoms with Crippen molar-refractivity contribution in [2.75, 3.05) is 26.7 Å². The molecule has 0 aromatic carbocycles. The number of rotatable bonds is 5. The Kier molecular flexibility index (Phi) is 4.94. The number of amides is 1. The largest absolute Gasteiger partial charge is 0.341 e. The van der Waals surface area contributed by atoms with Gasteiger partial charge < -0.3 is 19.4 Å². The second-order valence-electron chi connectivity index (χ2n) is 6.35. The smallest absolute Gasteiger partial charge is 0.236 e. The summed E-state index contributed by atoms with van der Waals surface area (Å²) in [6.45, 7) is 4.57. The van der Waals surface area contributed by atoms with E-state index in [0.717, 1.165) is 43.4 Å². The lowest BCUT2D eigenvalue weighted by atomic mass is 9.97. The summed E-state index contributed by atoms with van der Waals surface area (Å²) in [5.41, 5.74) is 0. The molecule has 0 unspecified atom stereocenters.